The zero-order chi connectivity index (χ0) is 30.3. The van der Waals surface area contributed by atoms with Crippen LogP contribution in [0.25, 0.3) is 11.1 Å². The number of allylic oxidation sites excluding steroid dienone is 7. The summed E-state index contributed by atoms with van der Waals surface area (Å²) in [5.41, 5.74) is 16.1. The Hall–Kier alpha value is -4.43. The highest BCUT2D eigenvalue weighted by molar-refractivity contribution is 6.13. The molecule has 0 spiro atoms. The van der Waals surface area contributed by atoms with Crippen molar-refractivity contribution in [1.29, 1.82) is 5.41 Å². The molecule has 0 radical (unpaired) electrons. The van der Waals surface area contributed by atoms with Gasteiger partial charge in [0.2, 0.25) is 0 Å². The fourth-order valence-electron chi connectivity index (χ4n) is 5.97. The van der Waals surface area contributed by atoms with Crippen LogP contribution in [0.1, 0.15) is 66.2 Å². The van der Waals surface area contributed by atoms with Gasteiger partial charge in [-0.25, -0.2) is 13.8 Å². The minimum atomic E-state index is -2.63. The van der Waals surface area contributed by atoms with E-state index in [4.69, 9.17) is 5.73 Å². The number of aromatic nitrogens is 3. The molecule has 4 N–H and O–H groups in total. The number of alkyl halides is 2. The van der Waals surface area contributed by atoms with E-state index in [1.807, 2.05) is 56.5 Å². The average Bonchev–Trinajstić information content (AvgIpc) is 3.54. The summed E-state index contributed by atoms with van der Waals surface area (Å²) in [6.45, 7) is 8.52. The first-order valence-electron chi connectivity index (χ1n) is 14.6. The molecule has 1 saturated heterocycles. The monoisotopic (exact) mass is 578 g/mol. The fourth-order valence-corrected chi connectivity index (χ4v) is 5.97. The molecule has 2 aliphatic carbocycles. The highest BCUT2D eigenvalue weighted by atomic mass is 19.3. The summed E-state index contributed by atoms with van der Waals surface area (Å²) in [5, 5.41) is 9.21. The number of rotatable bonds is 9. The SMILES string of the molecule is C=C[C@H](C)/C=C(\C=C(/C)CN1CCC(F)(F)C1)c1cnc(N)c(C(=N)c2cc3c([nH]2)C2CC2=CC=C3c2cccnc2)c1. The van der Waals surface area contributed by atoms with Crippen molar-refractivity contribution in [3.8, 4) is 0 Å². The summed E-state index contributed by atoms with van der Waals surface area (Å²) < 4.78 is 27.6. The van der Waals surface area contributed by atoms with Gasteiger partial charge in [0.05, 0.1) is 18.0 Å². The van der Waals surface area contributed by atoms with Gasteiger partial charge >= 0.3 is 0 Å². The van der Waals surface area contributed by atoms with E-state index < -0.39 is 5.92 Å². The van der Waals surface area contributed by atoms with E-state index in [1.54, 1.807) is 17.3 Å². The van der Waals surface area contributed by atoms with Crippen LogP contribution in [-0.4, -0.2) is 51.1 Å². The van der Waals surface area contributed by atoms with Gasteiger partial charge < -0.3 is 10.7 Å². The van der Waals surface area contributed by atoms with Crippen LogP contribution in [0.15, 0.2) is 91.0 Å². The highest BCUT2D eigenvalue weighted by Gasteiger charge is 2.38. The predicted molar refractivity (Wildman–Crippen MR) is 169 cm³/mol. The molecular weight excluding hydrogens is 542 g/mol. The second-order valence-electron chi connectivity index (χ2n) is 11.9. The third-order valence-corrected chi connectivity index (χ3v) is 8.38. The summed E-state index contributed by atoms with van der Waals surface area (Å²) in [6.07, 6.45) is 16.5. The molecule has 0 amide bonds. The van der Waals surface area contributed by atoms with Crippen molar-refractivity contribution >= 4 is 22.7 Å². The van der Waals surface area contributed by atoms with E-state index in [0.29, 0.717) is 30.3 Å². The third-order valence-electron chi connectivity index (χ3n) is 8.38. The molecule has 8 heteroatoms. The number of nitrogens with zero attached hydrogens (tertiary/aromatic N) is 3. The van der Waals surface area contributed by atoms with E-state index in [2.05, 4.69) is 39.8 Å². The molecule has 3 aromatic rings. The molecule has 2 atom stereocenters. The molecule has 1 saturated carbocycles. The van der Waals surface area contributed by atoms with E-state index >= 15 is 0 Å². The van der Waals surface area contributed by atoms with Crippen molar-refractivity contribution < 1.29 is 8.78 Å². The van der Waals surface area contributed by atoms with E-state index in [9.17, 15) is 14.2 Å². The van der Waals surface area contributed by atoms with Gasteiger partial charge in [0, 0.05) is 72.0 Å². The van der Waals surface area contributed by atoms with Gasteiger partial charge in [-0.1, -0.05) is 54.5 Å². The molecule has 4 heterocycles. The van der Waals surface area contributed by atoms with Gasteiger partial charge in [-0.05, 0) is 48.6 Å². The Kier molecular flexibility index (Phi) is 7.56. The second kappa shape index (κ2) is 11.3. The first-order valence-corrected chi connectivity index (χ1v) is 14.6. The minimum Gasteiger partial charge on any atom is -0.383 e. The Bertz CT molecular complexity index is 1710. The molecule has 0 bridgehead atoms. The molecule has 220 valence electrons. The number of anilines is 1. The fraction of sp³-hybridized carbons (Fsp3) is 0.286. The number of hydrogen-bond donors (Lipinski definition) is 3. The lowest BCUT2D eigenvalue weighted by atomic mass is 9.96. The van der Waals surface area contributed by atoms with Crippen LogP contribution in [0.4, 0.5) is 14.6 Å². The number of nitrogen functional groups attached to an aromatic ring is 1. The Morgan fingerprint density at radius 3 is 2.86 bits per heavy atom. The second-order valence-corrected chi connectivity index (χ2v) is 11.9. The molecule has 0 aromatic carbocycles. The van der Waals surface area contributed by atoms with E-state index in [0.717, 1.165) is 45.5 Å². The van der Waals surface area contributed by atoms with Gasteiger partial charge in [0.1, 0.15) is 5.82 Å². The quantitative estimate of drug-likeness (QED) is 0.143. The molecule has 3 aliphatic rings. The van der Waals surface area contributed by atoms with E-state index in [1.165, 1.54) is 5.57 Å². The molecule has 6 nitrogen and oxygen atoms in total. The van der Waals surface area contributed by atoms with E-state index in [-0.39, 0.29) is 30.4 Å². The lowest BCUT2D eigenvalue weighted by Gasteiger charge is -2.17. The van der Waals surface area contributed by atoms with Crippen LogP contribution in [0.2, 0.25) is 0 Å². The van der Waals surface area contributed by atoms with Gasteiger partial charge in [0.15, 0.2) is 0 Å². The Morgan fingerprint density at radius 1 is 1.30 bits per heavy atom. The number of pyridine rings is 2. The van der Waals surface area contributed by atoms with Crippen LogP contribution < -0.4 is 5.73 Å². The maximum Gasteiger partial charge on any atom is 0.261 e. The number of nitrogens with one attached hydrogen (secondary N) is 2. The van der Waals surface area contributed by atoms with Crippen molar-refractivity contribution in [1.82, 2.24) is 19.9 Å². The number of fused-ring (bicyclic) bond motifs is 3. The van der Waals surface area contributed by atoms with Crippen molar-refractivity contribution in [3.63, 3.8) is 0 Å². The van der Waals surface area contributed by atoms with Crippen molar-refractivity contribution in [2.75, 3.05) is 25.4 Å². The van der Waals surface area contributed by atoms with Crippen molar-refractivity contribution in [3.05, 3.63) is 125 Å². The Morgan fingerprint density at radius 2 is 2.14 bits per heavy atom. The Labute approximate surface area is 251 Å². The molecule has 1 aliphatic heterocycles. The van der Waals surface area contributed by atoms with Crippen molar-refractivity contribution in [2.45, 2.75) is 38.5 Å². The number of halogens is 2. The van der Waals surface area contributed by atoms with Crippen molar-refractivity contribution in [2.24, 2.45) is 5.92 Å². The lowest BCUT2D eigenvalue weighted by Crippen LogP contribution is -2.26. The largest absolute Gasteiger partial charge is 0.383 e. The topological polar surface area (TPSA) is 94.7 Å². The summed E-state index contributed by atoms with van der Waals surface area (Å²) in [7, 11) is 0. The van der Waals surface area contributed by atoms with Gasteiger partial charge in [0.25, 0.3) is 5.92 Å². The first-order chi connectivity index (χ1) is 20.6. The minimum absolute atomic E-state index is 0.0631. The normalized spacial score (nSPS) is 20.4. The van der Waals surface area contributed by atoms with Gasteiger partial charge in [-0.15, -0.1) is 6.58 Å². The predicted octanol–water partition coefficient (Wildman–Crippen LogP) is 7.15. The summed E-state index contributed by atoms with van der Waals surface area (Å²) in [4.78, 5) is 14.1. The van der Waals surface area contributed by atoms with Crippen LogP contribution in [0, 0.1) is 11.3 Å². The van der Waals surface area contributed by atoms with Crippen LogP contribution in [0.5, 0.6) is 0 Å². The number of nitrogens with two attached hydrogens (primary N) is 1. The maximum atomic E-state index is 13.8. The van der Waals surface area contributed by atoms with Crippen LogP contribution in [-0.2, 0) is 0 Å². The highest BCUT2D eigenvalue weighted by Crippen LogP contribution is 2.51. The number of hydrogen-bond acceptors (Lipinski definition) is 5. The molecule has 6 rings (SSSR count). The molecule has 1 unspecified atom stereocenters. The Balaban J connectivity index is 1.33. The number of likely N-dealkylation sites (tertiary alicyclic amines) is 1. The first kappa shape index (κ1) is 28.7. The van der Waals surface area contributed by atoms with Gasteiger partial charge in [-0.3, -0.25) is 15.3 Å². The van der Waals surface area contributed by atoms with Crippen LogP contribution >= 0.6 is 0 Å². The summed E-state index contributed by atoms with van der Waals surface area (Å²) >= 11 is 0. The maximum absolute atomic E-state index is 13.8. The zero-order valence-corrected chi connectivity index (χ0v) is 24.5. The summed E-state index contributed by atoms with van der Waals surface area (Å²) in [6, 6.07) is 7.90. The molecular formula is C35H36F2N6. The molecule has 2 fully saturated rings. The molecule has 43 heavy (non-hydrogen) atoms. The molecule has 3 aromatic heterocycles. The van der Waals surface area contributed by atoms with Crippen LogP contribution in [0.3, 0.4) is 0 Å². The van der Waals surface area contributed by atoms with Gasteiger partial charge in [-0.2, -0.15) is 0 Å². The zero-order valence-electron chi connectivity index (χ0n) is 24.5. The number of aromatic amines is 1. The lowest BCUT2D eigenvalue weighted by molar-refractivity contribution is 0.0131. The average molecular weight is 579 g/mol. The number of H-pyrrole nitrogens is 1. The smallest absolute Gasteiger partial charge is 0.261 e. The standard InChI is InChI=1S/C35H36F2N6/c1-4-21(2)12-25(13-22(3)19-43-11-9-35(36,37)20-43)26-15-30(34(39)41-18-26)32(38)31-16-29-27(24-6-5-10-40-17-24)8-7-23-14-28(23)33(29)42-31/h4-8,10,12-13,15-18,21,28,38,42H,1,9,11,14,19-20H2,2-3H3,(H2,39,41)/b22-13+,25-12+,38-32?/t21-,28?/m0/s1. The summed E-state index contributed by atoms with van der Waals surface area (Å²) in [5.74, 6) is -1.98. The third kappa shape index (κ3) is 6.06.